The number of rotatable bonds is 2. The van der Waals surface area contributed by atoms with Gasteiger partial charge < -0.3 is 5.32 Å². The molecule has 1 aromatic carbocycles. The minimum Gasteiger partial charge on any atom is -0.325 e. The van der Waals surface area contributed by atoms with Crippen molar-refractivity contribution in [2.45, 2.75) is 46.5 Å². The van der Waals surface area contributed by atoms with Crippen molar-refractivity contribution in [1.29, 1.82) is 0 Å². The number of benzene rings is 1. The first kappa shape index (κ1) is 12.7. The molecular weight excluding hydrogens is 234 g/mol. The maximum Gasteiger partial charge on any atom is 0.227 e. The number of hydrogen-bond donors (Lipinski definition) is 1. The molecule has 0 aliphatic heterocycles. The van der Waals surface area contributed by atoms with Crippen molar-refractivity contribution in [2.24, 2.45) is 17.8 Å². The van der Waals surface area contributed by atoms with Gasteiger partial charge in [-0.3, -0.25) is 4.79 Å². The van der Waals surface area contributed by atoms with Crippen molar-refractivity contribution in [1.82, 2.24) is 0 Å². The van der Waals surface area contributed by atoms with Crippen molar-refractivity contribution in [3.63, 3.8) is 0 Å². The molecule has 0 saturated heterocycles. The Bertz CT molecular complexity index is 497. The Kier molecular flexibility index (Phi) is 3.12. The largest absolute Gasteiger partial charge is 0.325 e. The van der Waals surface area contributed by atoms with Crippen LogP contribution in [0.25, 0.3) is 0 Å². The topological polar surface area (TPSA) is 29.1 Å². The summed E-state index contributed by atoms with van der Waals surface area (Å²) in [7, 11) is 0. The van der Waals surface area contributed by atoms with Gasteiger partial charge in [0.1, 0.15) is 0 Å². The van der Waals surface area contributed by atoms with Crippen LogP contribution in [0.5, 0.6) is 0 Å². The zero-order chi connectivity index (χ0) is 13.6. The van der Waals surface area contributed by atoms with E-state index in [1.54, 1.807) is 0 Å². The molecule has 2 saturated carbocycles. The third-order valence-corrected chi connectivity index (χ3v) is 5.00. The van der Waals surface area contributed by atoms with E-state index in [0.717, 1.165) is 18.0 Å². The highest BCUT2D eigenvalue weighted by Crippen LogP contribution is 2.48. The van der Waals surface area contributed by atoms with Crippen molar-refractivity contribution in [2.75, 3.05) is 5.32 Å². The first-order chi connectivity index (χ1) is 9.04. The Morgan fingerprint density at radius 3 is 2.32 bits per heavy atom. The molecule has 3 atom stereocenters. The fraction of sp³-hybridized carbons (Fsp3) is 0.588. The fourth-order valence-electron chi connectivity index (χ4n) is 4.16. The van der Waals surface area contributed by atoms with E-state index in [2.05, 4.69) is 38.2 Å². The van der Waals surface area contributed by atoms with E-state index in [1.165, 1.54) is 36.0 Å². The summed E-state index contributed by atoms with van der Waals surface area (Å²) >= 11 is 0. The molecule has 102 valence electrons. The summed E-state index contributed by atoms with van der Waals surface area (Å²) in [4.78, 5) is 12.5. The van der Waals surface area contributed by atoms with E-state index in [1.807, 2.05) is 0 Å². The SMILES string of the molecule is Cc1cc(C)c(NC(=O)[C@H]2C[C@H]3CC[C@@H]2C3)c(C)c1. The summed E-state index contributed by atoms with van der Waals surface area (Å²) in [6, 6.07) is 4.28. The molecule has 2 aliphatic carbocycles. The highest BCUT2D eigenvalue weighted by molar-refractivity contribution is 5.94. The second-order valence-electron chi connectivity index (χ2n) is 6.54. The van der Waals surface area contributed by atoms with Gasteiger partial charge in [-0.15, -0.1) is 0 Å². The molecule has 0 radical (unpaired) electrons. The van der Waals surface area contributed by atoms with Crippen molar-refractivity contribution in [3.8, 4) is 0 Å². The number of hydrogen-bond acceptors (Lipinski definition) is 1. The van der Waals surface area contributed by atoms with Crippen LogP contribution in [0.15, 0.2) is 12.1 Å². The Hall–Kier alpha value is -1.31. The van der Waals surface area contributed by atoms with Crippen molar-refractivity contribution in [3.05, 3.63) is 28.8 Å². The summed E-state index contributed by atoms with van der Waals surface area (Å²) in [5, 5.41) is 3.19. The molecule has 0 spiro atoms. The average Bonchev–Trinajstić information content (AvgIpc) is 2.95. The Morgan fingerprint density at radius 2 is 1.79 bits per heavy atom. The lowest BCUT2D eigenvalue weighted by Gasteiger charge is -2.22. The van der Waals surface area contributed by atoms with Gasteiger partial charge in [0.05, 0.1) is 0 Å². The molecule has 1 amide bonds. The van der Waals surface area contributed by atoms with Crippen LogP contribution in [0.4, 0.5) is 5.69 Å². The first-order valence-corrected chi connectivity index (χ1v) is 7.43. The van der Waals surface area contributed by atoms with Crippen molar-refractivity contribution < 1.29 is 4.79 Å². The maximum atomic E-state index is 12.5. The second-order valence-corrected chi connectivity index (χ2v) is 6.54. The molecule has 2 nitrogen and oxygen atoms in total. The summed E-state index contributed by atoms with van der Waals surface area (Å²) < 4.78 is 0. The van der Waals surface area contributed by atoms with Gasteiger partial charge in [0.25, 0.3) is 0 Å². The van der Waals surface area contributed by atoms with Crippen LogP contribution in [-0.2, 0) is 4.79 Å². The molecule has 2 heteroatoms. The highest BCUT2D eigenvalue weighted by Gasteiger charge is 2.43. The minimum atomic E-state index is 0.252. The van der Waals surface area contributed by atoms with Gasteiger partial charge in [0.2, 0.25) is 5.91 Å². The molecule has 0 heterocycles. The standard InChI is InChI=1S/C17H23NO/c1-10-6-11(2)16(12(3)7-10)18-17(19)15-9-13-4-5-14(15)8-13/h6-7,13-15H,4-5,8-9H2,1-3H3,(H,18,19)/t13-,14+,15-/m0/s1. The third kappa shape index (κ3) is 2.29. The maximum absolute atomic E-state index is 12.5. The van der Waals surface area contributed by atoms with Crippen LogP contribution in [0.3, 0.4) is 0 Å². The zero-order valence-electron chi connectivity index (χ0n) is 12.1. The normalized spacial score (nSPS) is 28.7. The monoisotopic (exact) mass is 257 g/mol. The molecule has 3 rings (SSSR count). The van der Waals surface area contributed by atoms with Gasteiger partial charge >= 0.3 is 0 Å². The van der Waals surface area contributed by atoms with E-state index >= 15 is 0 Å². The molecule has 1 aromatic rings. The molecular formula is C17H23NO. The van der Waals surface area contributed by atoms with Crippen LogP contribution in [0.2, 0.25) is 0 Å². The summed E-state index contributed by atoms with van der Waals surface area (Å²) in [6.45, 7) is 6.26. The minimum absolute atomic E-state index is 0.252. The molecule has 2 fully saturated rings. The van der Waals surface area contributed by atoms with E-state index in [4.69, 9.17) is 0 Å². The fourth-order valence-corrected chi connectivity index (χ4v) is 4.16. The zero-order valence-corrected chi connectivity index (χ0v) is 12.1. The van der Waals surface area contributed by atoms with Gasteiger partial charge in [-0.05, 0) is 63.0 Å². The van der Waals surface area contributed by atoms with Gasteiger partial charge in [0.15, 0.2) is 0 Å². The third-order valence-electron chi connectivity index (χ3n) is 5.00. The molecule has 19 heavy (non-hydrogen) atoms. The first-order valence-electron chi connectivity index (χ1n) is 7.43. The summed E-state index contributed by atoms with van der Waals surface area (Å²) in [6.07, 6.45) is 5.00. The highest BCUT2D eigenvalue weighted by atomic mass is 16.1. The predicted molar refractivity (Wildman–Crippen MR) is 78.2 cm³/mol. The molecule has 1 N–H and O–H groups in total. The van der Waals surface area contributed by atoms with Crippen LogP contribution < -0.4 is 5.32 Å². The lowest BCUT2D eigenvalue weighted by Crippen LogP contribution is -2.27. The van der Waals surface area contributed by atoms with Crippen LogP contribution >= 0.6 is 0 Å². The quantitative estimate of drug-likeness (QED) is 0.853. The molecule has 2 bridgehead atoms. The smallest absolute Gasteiger partial charge is 0.227 e. The van der Waals surface area contributed by atoms with Gasteiger partial charge in [-0.2, -0.15) is 0 Å². The number of amides is 1. The lowest BCUT2D eigenvalue weighted by molar-refractivity contribution is -0.121. The number of aryl methyl sites for hydroxylation is 3. The lowest BCUT2D eigenvalue weighted by atomic mass is 9.88. The van der Waals surface area contributed by atoms with Crippen LogP contribution in [0, 0.1) is 38.5 Å². The number of fused-ring (bicyclic) bond motifs is 2. The van der Waals surface area contributed by atoms with E-state index in [-0.39, 0.29) is 11.8 Å². The van der Waals surface area contributed by atoms with Gasteiger partial charge in [-0.1, -0.05) is 24.1 Å². The van der Waals surface area contributed by atoms with Gasteiger partial charge in [-0.25, -0.2) is 0 Å². The molecule has 2 aliphatic rings. The van der Waals surface area contributed by atoms with Crippen LogP contribution in [-0.4, -0.2) is 5.91 Å². The Labute approximate surface area is 115 Å². The average molecular weight is 257 g/mol. The van der Waals surface area contributed by atoms with Crippen molar-refractivity contribution >= 4 is 11.6 Å². The Balaban J connectivity index is 1.77. The predicted octanol–water partition coefficient (Wildman–Crippen LogP) is 3.99. The van der Waals surface area contributed by atoms with Gasteiger partial charge in [0, 0.05) is 11.6 Å². The number of carbonyl (C=O) groups excluding carboxylic acids is 1. The van der Waals surface area contributed by atoms with E-state index in [9.17, 15) is 4.79 Å². The number of nitrogens with one attached hydrogen (secondary N) is 1. The Morgan fingerprint density at radius 1 is 1.11 bits per heavy atom. The summed E-state index contributed by atoms with van der Waals surface area (Å²) in [5.41, 5.74) is 4.63. The number of anilines is 1. The molecule has 0 unspecified atom stereocenters. The second kappa shape index (κ2) is 4.66. The summed E-state index contributed by atoms with van der Waals surface area (Å²) in [5.74, 6) is 1.98. The molecule has 0 aromatic heterocycles. The van der Waals surface area contributed by atoms with E-state index < -0.39 is 0 Å². The van der Waals surface area contributed by atoms with E-state index in [0.29, 0.717) is 5.92 Å². The number of carbonyl (C=O) groups is 1. The van der Waals surface area contributed by atoms with Crippen LogP contribution in [0.1, 0.15) is 42.4 Å².